The Morgan fingerprint density at radius 1 is 1.40 bits per heavy atom. The number of nitrogens with zero attached hydrogens (tertiary/aromatic N) is 1. The summed E-state index contributed by atoms with van der Waals surface area (Å²) in [6.07, 6.45) is 0.217. The van der Waals surface area contributed by atoms with Gasteiger partial charge < -0.3 is 9.84 Å². The van der Waals surface area contributed by atoms with Gasteiger partial charge in [0.25, 0.3) is 0 Å². The maximum absolute atomic E-state index is 12.2. The Kier molecular flexibility index (Phi) is 3.70. The highest BCUT2D eigenvalue weighted by atomic mass is 16.6. The van der Waals surface area contributed by atoms with Crippen molar-refractivity contribution in [2.24, 2.45) is 0 Å². The van der Waals surface area contributed by atoms with Crippen molar-refractivity contribution in [1.29, 1.82) is 0 Å². The topological polar surface area (TPSA) is 66.8 Å². The van der Waals surface area contributed by atoms with Crippen LogP contribution in [0.3, 0.4) is 0 Å². The fraction of sp³-hybridized carbons (Fsp3) is 0.467. The van der Waals surface area contributed by atoms with Crippen LogP contribution in [0.2, 0.25) is 0 Å². The van der Waals surface area contributed by atoms with E-state index in [4.69, 9.17) is 4.74 Å². The number of amides is 2. The number of phenols is 1. The molecule has 20 heavy (non-hydrogen) atoms. The maximum Gasteiger partial charge on any atom is 0.417 e. The zero-order valence-corrected chi connectivity index (χ0v) is 11.9. The molecule has 0 saturated carbocycles. The number of hydrogen-bond donors (Lipinski definition) is 1. The Balaban J connectivity index is 2.25. The Morgan fingerprint density at radius 3 is 2.70 bits per heavy atom. The summed E-state index contributed by atoms with van der Waals surface area (Å²) < 4.78 is 5.28. The van der Waals surface area contributed by atoms with Gasteiger partial charge in [0, 0.05) is 6.42 Å². The summed E-state index contributed by atoms with van der Waals surface area (Å²) in [5.41, 5.74) is 0.0882. The molecule has 0 bridgehead atoms. The molecule has 1 aliphatic rings. The third kappa shape index (κ3) is 3.10. The van der Waals surface area contributed by atoms with E-state index in [0.717, 1.165) is 10.5 Å². The zero-order chi connectivity index (χ0) is 14.9. The summed E-state index contributed by atoms with van der Waals surface area (Å²) in [5.74, 6) is -0.126. The summed E-state index contributed by atoms with van der Waals surface area (Å²) >= 11 is 0. The fourth-order valence-electron chi connectivity index (χ4n) is 2.27. The largest absolute Gasteiger partial charge is 0.508 e. The molecule has 108 valence electrons. The minimum Gasteiger partial charge on any atom is -0.508 e. The lowest BCUT2D eigenvalue weighted by molar-refractivity contribution is -0.128. The van der Waals surface area contributed by atoms with Crippen LogP contribution in [0.1, 0.15) is 45.2 Å². The Bertz CT molecular complexity index is 533. The van der Waals surface area contributed by atoms with Gasteiger partial charge in [0.2, 0.25) is 5.91 Å². The van der Waals surface area contributed by atoms with Crippen molar-refractivity contribution in [2.75, 3.05) is 0 Å². The molecule has 1 saturated heterocycles. The summed E-state index contributed by atoms with van der Waals surface area (Å²) in [4.78, 5) is 25.2. The van der Waals surface area contributed by atoms with E-state index >= 15 is 0 Å². The summed E-state index contributed by atoms with van der Waals surface area (Å²) in [5, 5.41) is 9.53. The number of ether oxygens (including phenoxy) is 1. The van der Waals surface area contributed by atoms with Crippen molar-refractivity contribution in [2.45, 2.75) is 45.3 Å². The van der Waals surface area contributed by atoms with Gasteiger partial charge in [-0.15, -0.1) is 0 Å². The van der Waals surface area contributed by atoms with Crippen LogP contribution >= 0.6 is 0 Å². The van der Waals surface area contributed by atoms with Crippen LogP contribution in [0.15, 0.2) is 24.3 Å². The number of likely N-dealkylation sites (tertiary alicyclic amines) is 1. The molecule has 0 aliphatic carbocycles. The molecule has 2 rings (SSSR count). The molecule has 0 aromatic heterocycles. The second-order valence-electron chi connectivity index (χ2n) is 5.89. The van der Waals surface area contributed by atoms with E-state index in [1.165, 1.54) is 0 Å². The van der Waals surface area contributed by atoms with Crippen molar-refractivity contribution in [3.63, 3.8) is 0 Å². The average Bonchev–Trinajstić information content (AvgIpc) is 2.69. The lowest BCUT2D eigenvalue weighted by atomic mass is 10.0. The lowest BCUT2D eigenvalue weighted by Crippen LogP contribution is -2.38. The molecule has 1 N–H and O–H groups in total. The van der Waals surface area contributed by atoms with Crippen molar-refractivity contribution in [3.8, 4) is 5.75 Å². The van der Waals surface area contributed by atoms with Gasteiger partial charge in [0.05, 0.1) is 6.04 Å². The fourth-order valence-corrected chi connectivity index (χ4v) is 2.27. The van der Waals surface area contributed by atoms with Crippen LogP contribution in [-0.4, -0.2) is 27.6 Å². The van der Waals surface area contributed by atoms with E-state index in [9.17, 15) is 14.7 Å². The Labute approximate surface area is 118 Å². The molecule has 1 fully saturated rings. The first-order chi connectivity index (χ1) is 9.28. The van der Waals surface area contributed by atoms with Gasteiger partial charge >= 0.3 is 6.09 Å². The SMILES string of the molecule is CC(C)(C)OC(=O)N1C(=O)CCC1c1cccc(O)c1. The first kappa shape index (κ1) is 14.4. The molecule has 2 amide bonds. The molecule has 1 aromatic rings. The number of rotatable bonds is 1. The second-order valence-corrected chi connectivity index (χ2v) is 5.89. The van der Waals surface area contributed by atoms with Crippen LogP contribution in [-0.2, 0) is 9.53 Å². The van der Waals surface area contributed by atoms with Crippen LogP contribution in [0.5, 0.6) is 5.75 Å². The van der Waals surface area contributed by atoms with Crippen molar-refractivity contribution in [3.05, 3.63) is 29.8 Å². The Hall–Kier alpha value is -2.04. The van der Waals surface area contributed by atoms with Crippen molar-refractivity contribution in [1.82, 2.24) is 4.90 Å². The number of hydrogen-bond acceptors (Lipinski definition) is 4. The number of imide groups is 1. The standard InChI is InChI=1S/C15H19NO4/c1-15(2,3)20-14(19)16-12(7-8-13(16)18)10-5-4-6-11(17)9-10/h4-6,9,12,17H,7-8H2,1-3H3. The molecule has 1 unspecified atom stereocenters. The van der Waals surface area contributed by atoms with Crippen LogP contribution < -0.4 is 0 Å². The lowest BCUT2D eigenvalue weighted by Gasteiger charge is -2.27. The molecule has 1 heterocycles. The molecule has 1 atom stereocenters. The van der Waals surface area contributed by atoms with Gasteiger partial charge in [0.15, 0.2) is 0 Å². The minimum atomic E-state index is -0.649. The van der Waals surface area contributed by atoms with E-state index in [1.807, 2.05) is 0 Å². The van der Waals surface area contributed by atoms with Gasteiger partial charge in [-0.05, 0) is 44.9 Å². The quantitative estimate of drug-likeness (QED) is 0.857. The number of benzene rings is 1. The number of aromatic hydroxyl groups is 1. The average molecular weight is 277 g/mol. The zero-order valence-electron chi connectivity index (χ0n) is 11.9. The summed E-state index contributed by atoms with van der Waals surface area (Å²) in [7, 11) is 0. The molecule has 0 spiro atoms. The van der Waals surface area contributed by atoms with Gasteiger partial charge in [-0.1, -0.05) is 12.1 Å². The van der Waals surface area contributed by atoms with E-state index < -0.39 is 11.7 Å². The molecule has 5 heteroatoms. The minimum absolute atomic E-state index is 0.117. The first-order valence-electron chi connectivity index (χ1n) is 6.62. The predicted molar refractivity (Wildman–Crippen MR) is 73.2 cm³/mol. The molecular formula is C15H19NO4. The Morgan fingerprint density at radius 2 is 2.10 bits per heavy atom. The highest BCUT2D eigenvalue weighted by Gasteiger charge is 2.39. The van der Waals surface area contributed by atoms with Crippen molar-refractivity contribution >= 4 is 12.0 Å². The number of phenolic OH excluding ortho intramolecular Hbond substituents is 1. The third-order valence-corrected chi connectivity index (χ3v) is 3.06. The van der Waals surface area contributed by atoms with Crippen LogP contribution in [0.25, 0.3) is 0 Å². The highest BCUT2D eigenvalue weighted by Crippen LogP contribution is 2.35. The normalized spacial score (nSPS) is 19.2. The van der Waals surface area contributed by atoms with Crippen LogP contribution in [0.4, 0.5) is 4.79 Å². The van der Waals surface area contributed by atoms with Crippen molar-refractivity contribution < 1.29 is 19.4 Å². The molecule has 1 aliphatic heterocycles. The van der Waals surface area contributed by atoms with Gasteiger partial charge in [0.1, 0.15) is 11.4 Å². The van der Waals surface area contributed by atoms with E-state index in [2.05, 4.69) is 0 Å². The van der Waals surface area contributed by atoms with Gasteiger partial charge in [-0.2, -0.15) is 0 Å². The summed E-state index contributed by atoms with van der Waals surface area (Å²) in [6, 6.07) is 6.24. The predicted octanol–water partition coefficient (Wildman–Crippen LogP) is 2.99. The van der Waals surface area contributed by atoms with E-state index in [0.29, 0.717) is 12.8 Å². The van der Waals surface area contributed by atoms with Gasteiger partial charge in [-0.25, -0.2) is 9.69 Å². The molecular weight excluding hydrogens is 258 g/mol. The van der Waals surface area contributed by atoms with E-state index in [1.54, 1.807) is 45.0 Å². The van der Waals surface area contributed by atoms with Crippen LogP contribution in [0, 0.1) is 0 Å². The monoisotopic (exact) mass is 277 g/mol. The number of carbonyl (C=O) groups is 2. The second kappa shape index (κ2) is 5.15. The molecule has 5 nitrogen and oxygen atoms in total. The molecule has 1 aromatic carbocycles. The van der Waals surface area contributed by atoms with E-state index in [-0.39, 0.29) is 17.7 Å². The molecule has 0 radical (unpaired) electrons. The van der Waals surface area contributed by atoms with Gasteiger partial charge in [-0.3, -0.25) is 4.79 Å². The highest BCUT2D eigenvalue weighted by molar-refractivity contribution is 5.94. The summed E-state index contributed by atoms with van der Waals surface area (Å²) in [6.45, 7) is 5.28. The smallest absolute Gasteiger partial charge is 0.417 e. The third-order valence-electron chi connectivity index (χ3n) is 3.06. The first-order valence-corrected chi connectivity index (χ1v) is 6.62. The maximum atomic E-state index is 12.2. The number of carbonyl (C=O) groups excluding carboxylic acids is 2.